The highest BCUT2D eigenvalue weighted by Gasteiger charge is 2.35. The predicted molar refractivity (Wildman–Crippen MR) is 178 cm³/mol. The molecule has 1 atom stereocenters. The van der Waals surface area contributed by atoms with Gasteiger partial charge in [0.15, 0.2) is 0 Å². The number of carbonyl (C=O) groups excluding carboxylic acids is 2. The molecule has 0 fully saturated rings. The van der Waals surface area contributed by atoms with Crippen molar-refractivity contribution in [3.05, 3.63) is 125 Å². The summed E-state index contributed by atoms with van der Waals surface area (Å²) in [6.45, 7) is 5.05. The van der Waals surface area contributed by atoms with E-state index in [0.29, 0.717) is 16.3 Å². The zero-order chi connectivity index (χ0) is 32.6. The average Bonchev–Trinajstić information content (AvgIpc) is 3.01. The topological polar surface area (TPSA) is 96.0 Å². The lowest BCUT2D eigenvalue weighted by molar-refractivity contribution is -0.140. The molecule has 10 heteroatoms. The molecule has 0 bridgehead atoms. The Kier molecular flexibility index (Phi) is 10.9. The van der Waals surface area contributed by atoms with Gasteiger partial charge < -0.3 is 15.0 Å². The molecule has 0 radical (unpaired) electrons. The van der Waals surface area contributed by atoms with Crippen LogP contribution in [-0.4, -0.2) is 50.4 Å². The molecule has 0 aliphatic carbocycles. The molecule has 0 saturated carbocycles. The van der Waals surface area contributed by atoms with E-state index in [2.05, 4.69) is 5.32 Å². The monoisotopic (exact) mass is 647 g/mol. The molecule has 0 heterocycles. The fourth-order valence-electron chi connectivity index (χ4n) is 4.85. The molecular weight excluding hydrogens is 610 g/mol. The van der Waals surface area contributed by atoms with Gasteiger partial charge in [-0.25, -0.2) is 8.42 Å². The molecule has 1 unspecified atom stereocenters. The number of nitrogens with one attached hydrogen (secondary N) is 1. The van der Waals surface area contributed by atoms with E-state index in [1.807, 2.05) is 57.2 Å². The summed E-state index contributed by atoms with van der Waals surface area (Å²) in [5, 5.41) is 3.50. The minimum Gasteiger partial charge on any atom is -0.497 e. The lowest BCUT2D eigenvalue weighted by Crippen LogP contribution is -2.56. The van der Waals surface area contributed by atoms with Gasteiger partial charge in [-0.3, -0.25) is 13.9 Å². The van der Waals surface area contributed by atoms with Crippen molar-refractivity contribution in [1.82, 2.24) is 10.2 Å². The molecule has 0 spiro atoms. The van der Waals surface area contributed by atoms with Gasteiger partial charge >= 0.3 is 0 Å². The van der Waals surface area contributed by atoms with E-state index in [1.54, 1.807) is 60.7 Å². The second-order valence-electron chi connectivity index (χ2n) is 11.6. The minimum absolute atomic E-state index is 0.0196. The molecule has 2 amide bonds. The van der Waals surface area contributed by atoms with Crippen LogP contribution in [0.4, 0.5) is 5.69 Å². The lowest BCUT2D eigenvalue weighted by atomic mass is 10.0. The van der Waals surface area contributed by atoms with Gasteiger partial charge in [-0.2, -0.15) is 0 Å². The smallest absolute Gasteiger partial charge is 0.264 e. The van der Waals surface area contributed by atoms with Crippen LogP contribution in [0, 0.1) is 0 Å². The Morgan fingerprint density at radius 1 is 0.844 bits per heavy atom. The highest BCUT2D eigenvalue weighted by atomic mass is 35.5. The normalized spacial score (nSPS) is 12.2. The second kappa shape index (κ2) is 14.6. The molecule has 4 aromatic carbocycles. The minimum atomic E-state index is -4.21. The zero-order valence-corrected chi connectivity index (χ0v) is 27.4. The molecule has 0 aliphatic heterocycles. The average molecular weight is 648 g/mol. The summed E-state index contributed by atoms with van der Waals surface area (Å²) >= 11 is 6.31. The summed E-state index contributed by atoms with van der Waals surface area (Å²) in [6.07, 6.45) is 0.208. The van der Waals surface area contributed by atoms with Gasteiger partial charge in [0.25, 0.3) is 10.0 Å². The highest BCUT2D eigenvalue weighted by molar-refractivity contribution is 7.92. The summed E-state index contributed by atoms with van der Waals surface area (Å²) < 4.78 is 34.6. The number of carbonyl (C=O) groups is 2. The molecule has 8 nitrogen and oxygen atoms in total. The number of nitrogens with zero attached hydrogens (tertiary/aromatic N) is 2. The van der Waals surface area contributed by atoms with Crippen LogP contribution in [0.3, 0.4) is 0 Å². The predicted octanol–water partition coefficient (Wildman–Crippen LogP) is 6.10. The van der Waals surface area contributed by atoms with E-state index < -0.39 is 34.1 Å². The number of anilines is 1. The van der Waals surface area contributed by atoms with Crippen molar-refractivity contribution in [1.29, 1.82) is 0 Å². The van der Waals surface area contributed by atoms with Gasteiger partial charge in [0, 0.05) is 29.6 Å². The summed E-state index contributed by atoms with van der Waals surface area (Å²) in [7, 11) is -2.73. The van der Waals surface area contributed by atoms with E-state index >= 15 is 0 Å². The lowest BCUT2D eigenvalue weighted by Gasteiger charge is -2.35. The van der Waals surface area contributed by atoms with Crippen molar-refractivity contribution in [3.8, 4) is 5.75 Å². The van der Waals surface area contributed by atoms with Crippen LogP contribution < -0.4 is 14.4 Å². The number of rotatable bonds is 12. The third kappa shape index (κ3) is 9.09. The maximum Gasteiger partial charge on any atom is 0.264 e. The first-order valence-electron chi connectivity index (χ1n) is 14.5. The van der Waals surface area contributed by atoms with E-state index in [1.165, 1.54) is 24.1 Å². The molecule has 4 aromatic rings. The van der Waals surface area contributed by atoms with E-state index in [4.69, 9.17) is 16.3 Å². The second-order valence-corrected chi connectivity index (χ2v) is 13.9. The highest BCUT2D eigenvalue weighted by Crippen LogP contribution is 2.28. The van der Waals surface area contributed by atoms with Crippen molar-refractivity contribution in [2.75, 3.05) is 18.0 Å². The van der Waals surface area contributed by atoms with Crippen LogP contribution in [-0.2, 0) is 32.6 Å². The molecule has 1 N–H and O–H groups in total. The zero-order valence-electron chi connectivity index (χ0n) is 25.8. The number of sulfonamides is 1. The Bertz CT molecular complexity index is 1710. The van der Waals surface area contributed by atoms with E-state index in [-0.39, 0.29) is 29.5 Å². The Balaban J connectivity index is 1.83. The largest absolute Gasteiger partial charge is 0.497 e. The molecule has 0 aliphatic rings. The van der Waals surface area contributed by atoms with Crippen LogP contribution in [0.2, 0.25) is 5.02 Å². The van der Waals surface area contributed by atoms with Gasteiger partial charge in [0.1, 0.15) is 18.3 Å². The molecule has 0 saturated heterocycles. The van der Waals surface area contributed by atoms with Crippen LogP contribution in [0.25, 0.3) is 0 Å². The van der Waals surface area contributed by atoms with Crippen LogP contribution in [0.1, 0.15) is 31.9 Å². The van der Waals surface area contributed by atoms with Crippen LogP contribution >= 0.6 is 11.6 Å². The van der Waals surface area contributed by atoms with Crippen molar-refractivity contribution >= 4 is 39.1 Å². The fourth-order valence-corrected chi connectivity index (χ4v) is 6.49. The third-order valence-electron chi connectivity index (χ3n) is 6.96. The molecule has 45 heavy (non-hydrogen) atoms. The summed E-state index contributed by atoms with van der Waals surface area (Å²) in [5.74, 6) is -0.502. The van der Waals surface area contributed by atoms with Crippen molar-refractivity contribution < 1.29 is 22.7 Å². The van der Waals surface area contributed by atoms with Gasteiger partial charge in [-0.1, -0.05) is 78.3 Å². The first kappa shape index (κ1) is 33.6. The van der Waals surface area contributed by atoms with Gasteiger partial charge in [-0.05, 0) is 68.3 Å². The first-order chi connectivity index (χ1) is 21.4. The van der Waals surface area contributed by atoms with Gasteiger partial charge in [0.05, 0.1) is 17.7 Å². The Labute approximate surface area is 270 Å². The number of ether oxygens (including phenoxy) is 1. The number of methoxy groups -OCH3 is 1. The van der Waals surface area contributed by atoms with Crippen molar-refractivity contribution in [3.63, 3.8) is 0 Å². The van der Waals surface area contributed by atoms with E-state index in [0.717, 1.165) is 9.87 Å². The summed E-state index contributed by atoms with van der Waals surface area (Å²) in [4.78, 5) is 29.9. The molecule has 4 rings (SSSR count). The van der Waals surface area contributed by atoms with Crippen LogP contribution in [0.5, 0.6) is 5.75 Å². The SMILES string of the molecule is COc1cccc(N(CC(=O)N(Cc2cccc(Cl)c2)C(Cc2ccccc2)C(=O)NC(C)(C)C)S(=O)(=O)c2ccccc2)c1. The maximum absolute atomic E-state index is 14.5. The summed E-state index contributed by atoms with van der Waals surface area (Å²) in [5.41, 5.74) is 1.20. The Hall–Kier alpha value is -4.34. The number of hydrogen-bond acceptors (Lipinski definition) is 5. The van der Waals surface area contributed by atoms with Crippen molar-refractivity contribution in [2.45, 2.75) is 50.2 Å². The summed E-state index contributed by atoms with van der Waals surface area (Å²) in [6, 6.07) is 29.9. The Morgan fingerprint density at radius 2 is 1.47 bits per heavy atom. The quantitative estimate of drug-likeness (QED) is 0.201. The first-order valence-corrected chi connectivity index (χ1v) is 16.3. The number of hydrogen-bond donors (Lipinski definition) is 1. The van der Waals surface area contributed by atoms with Crippen LogP contribution in [0.15, 0.2) is 114 Å². The van der Waals surface area contributed by atoms with E-state index in [9.17, 15) is 18.0 Å². The number of halogens is 1. The van der Waals surface area contributed by atoms with Crippen molar-refractivity contribution in [2.24, 2.45) is 0 Å². The third-order valence-corrected chi connectivity index (χ3v) is 8.99. The number of benzene rings is 4. The van der Waals surface area contributed by atoms with Gasteiger partial charge in [0.2, 0.25) is 11.8 Å². The number of amides is 2. The molecule has 236 valence electrons. The Morgan fingerprint density at radius 3 is 2.09 bits per heavy atom. The maximum atomic E-state index is 14.5. The standard InChI is InChI=1S/C35H38ClN3O5S/c1-35(2,3)37-34(41)32(22-26-13-7-5-8-14-26)38(24-27-15-11-16-28(36)21-27)33(40)25-39(29-17-12-18-30(23-29)44-4)45(42,43)31-19-9-6-10-20-31/h5-21,23,32H,22,24-25H2,1-4H3,(H,37,41). The molecule has 0 aromatic heterocycles. The fraction of sp³-hybridized carbons (Fsp3) is 0.257. The van der Waals surface area contributed by atoms with Gasteiger partial charge in [-0.15, -0.1) is 0 Å². The molecular formula is C35H38ClN3O5S.